The Morgan fingerprint density at radius 1 is 0.864 bits per heavy atom. The van der Waals surface area contributed by atoms with E-state index >= 15 is 0 Å². The molecule has 2 fully saturated rings. The van der Waals surface area contributed by atoms with Gasteiger partial charge in [-0.3, -0.25) is 33.5 Å². The molecule has 2 aliphatic rings. The number of methoxy groups -OCH3 is 1. The fraction of sp³-hybridized carbons (Fsp3) is 0.667. The van der Waals surface area contributed by atoms with Crippen molar-refractivity contribution in [2.45, 2.75) is 90.9 Å². The number of amides is 1. The maximum Gasteiger partial charge on any atom is 0.330 e. The van der Waals surface area contributed by atoms with Crippen LogP contribution in [0.2, 0.25) is 0 Å². The molecule has 5 N–H and O–H groups in total. The second-order valence-corrected chi connectivity index (χ2v) is 9.88. The molecule has 0 aliphatic carbocycles. The van der Waals surface area contributed by atoms with Crippen molar-refractivity contribution in [2.75, 3.05) is 27.9 Å². The molecule has 4 unspecified atom stereocenters. The molecule has 4 rings (SSSR count). The lowest BCUT2D eigenvalue weighted by atomic mass is 10.1. The van der Waals surface area contributed by atoms with Gasteiger partial charge in [0, 0.05) is 52.3 Å². The number of aromatic amines is 2. The van der Waals surface area contributed by atoms with E-state index in [1.54, 1.807) is 7.11 Å². The first kappa shape index (κ1) is 41.0. The monoisotopic (exact) mass is 649 g/mol. The van der Waals surface area contributed by atoms with Gasteiger partial charge < -0.3 is 33.9 Å². The van der Waals surface area contributed by atoms with E-state index in [4.69, 9.17) is 24.8 Å². The highest BCUT2D eigenvalue weighted by Crippen LogP contribution is 2.29. The number of ether oxygens (including phenoxy) is 3. The Hall–Kier alpha value is -2.98. The Kier molecular flexibility index (Phi) is 21.8. The lowest BCUT2D eigenvalue weighted by Gasteiger charge is -2.14. The van der Waals surface area contributed by atoms with Crippen LogP contribution >= 0.6 is 8.60 Å². The summed E-state index contributed by atoms with van der Waals surface area (Å²) < 4.78 is 27.6. The molecule has 0 spiro atoms. The van der Waals surface area contributed by atoms with Crippen LogP contribution in [0.5, 0.6) is 0 Å². The van der Waals surface area contributed by atoms with E-state index in [9.17, 15) is 24.0 Å². The van der Waals surface area contributed by atoms with Gasteiger partial charge in [-0.05, 0) is 32.1 Å². The molecule has 44 heavy (non-hydrogen) atoms. The molecule has 1 amide bonds. The van der Waals surface area contributed by atoms with Crippen LogP contribution in [0.1, 0.15) is 78.7 Å². The zero-order valence-corrected chi connectivity index (χ0v) is 27.4. The normalized spacial score (nSPS) is 20.1. The SMILES string of the molecule is CC.CC.COCC1CCC(n2ccc(=O)[nH]c2=O)O1.COP(O)OC.NC(=O)CCC1CCC(n2ccc(=O)[nH]c2=O)O1. The molecular formula is C27H48N5O11P. The smallest absolute Gasteiger partial charge is 0.330 e. The van der Waals surface area contributed by atoms with Gasteiger partial charge in [-0.1, -0.05) is 27.7 Å². The zero-order chi connectivity index (χ0) is 33.7. The summed E-state index contributed by atoms with van der Waals surface area (Å²) in [5.41, 5.74) is 3.32. The van der Waals surface area contributed by atoms with Gasteiger partial charge in [0.25, 0.3) is 11.1 Å². The summed E-state index contributed by atoms with van der Waals surface area (Å²) in [6, 6.07) is 2.59. The van der Waals surface area contributed by atoms with Crippen molar-refractivity contribution in [1.82, 2.24) is 19.1 Å². The maximum atomic E-state index is 11.6. The van der Waals surface area contributed by atoms with Crippen molar-refractivity contribution in [2.24, 2.45) is 5.73 Å². The molecule has 252 valence electrons. The number of hydrogen-bond acceptors (Lipinski definition) is 11. The highest BCUT2D eigenvalue weighted by atomic mass is 31.2. The van der Waals surface area contributed by atoms with Gasteiger partial charge in [0.1, 0.15) is 12.5 Å². The molecule has 2 aromatic rings. The van der Waals surface area contributed by atoms with Gasteiger partial charge in [-0.15, -0.1) is 0 Å². The Morgan fingerprint density at radius 3 is 1.66 bits per heavy atom. The number of aromatic nitrogens is 4. The number of primary amides is 1. The van der Waals surface area contributed by atoms with E-state index in [1.807, 2.05) is 27.7 Å². The molecule has 17 heteroatoms. The number of carbonyl (C=O) groups excluding carboxylic acids is 1. The molecular weight excluding hydrogens is 601 g/mol. The first-order chi connectivity index (χ1) is 21.1. The molecule has 2 saturated heterocycles. The Morgan fingerprint density at radius 2 is 1.30 bits per heavy atom. The van der Waals surface area contributed by atoms with Crippen molar-refractivity contribution < 1.29 is 32.9 Å². The minimum atomic E-state index is -1.58. The van der Waals surface area contributed by atoms with Crippen molar-refractivity contribution in [3.05, 3.63) is 66.2 Å². The van der Waals surface area contributed by atoms with Crippen LogP contribution in [0, 0.1) is 0 Å². The van der Waals surface area contributed by atoms with Crippen molar-refractivity contribution >= 4 is 14.5 Å². The molecule has 0 aromatic carbocycles. The van der Waals surface area contributed by atoms with Crippen LogP contribution in [-0.4, -0.2) is 70.0 Å². The summed E-state index contributed by atoms with van der Waals surface area (Å²) in [5.74, 6) is -0.358. The number of H-pyrrole nitrogens is 2. The summed E-state index contributed by atoms with van der Waals surface area (Å²) in [6.45, 7) is 8.52. The third-order valence-corrected chi connectivity index (χ3v) is 6.50. The summed E-state index contributed by atoms with van der Waals surface area (Å²) in [5, 5.41) is 0. The average Bonchev–Trinajstić information content (AvgIpc) is 3.69. The van der Waals surface area contributed by atoms with Gasteiger partial charge >= 0.3 is 20.0 Å². The molecule has 0 bridgehead atoms. The van der Waals surface area contributed by atoms with Gasteiger partial charge in [0.05, 0.1) is 18.8 Å². The molecule has 0 saturated carbocycles. The number of nitrogens with two attached hydrogens (primary N) is 1. The fourth-order valence-corrected chi connectivity index (χ4v) is 4.14. The third kappa shape index (κ3) is 15.1. The summed E-state index contributed by atoms with van der Waals surface area (Å²) in [6.07, 6.45) is 6.03. The Balaban J connectivity index is 0.000000652. The average molecular weight is 650 g/mol. The van der Waals surface area contributed by atoms with Crippen LogP contribution in [0.4, 0.5) is 0 Å². The number of hydrogen-bond donors (Lipinski definition) is 4. The summed E-state index contributed by atoms with van der Waals surface area (Å²) in [7, 11) is 2.81. The first-order valence-electron chi connectivity index (χ1n) is 14.4. The van der Waals surface area contributed by atoms with Gasteiger partial charge in [0.15, 0.2) is 0 Å². The van der Waals surface area contributed by atoms with Crippen LogP contribution in [0.15, 0.2) is 43.7 Å². The third-order valence-electron chi connectivity index (χ3n) is 5.87. The van der Waals surface area contributed by atoms with E-state index in [-0.39, 0.29) is 37.0 Å². The van der Waals surface area contributed by atoms with Gasteiger partial charge in [-0.25, -0.2) is 9.59 Å². The first-order valence-corrected chi connectivity index (χ1v) is 15.5. The van der Waals surface area contributed by atoms with Crippen LogP contribution in [0.25, 0.3) is 0 Å². The second-order valence-electron chi connectivity index (χ2n) is 8.68. The lowest BCUT2D eigenvalue weighted by Crippen LogP contribution is -2.31. The minimum Gasteiger partial charge on any atom is -0.382 e. The quantitative estimate of drug-likeness (QED) is 0.287. The van der Waals surface area contributed by atoms with E-state index in [0.29, 0.717) is 19.4 Å². The number of carbonyl (C=O) groups is 1. The van der Waals surface area contributed by atoms with Crippen molar-refractivity contribution in [1.29, 1.82) is 0 Å². The van der Waals surface area contributed by atoms with Gasteiger partial charge in [0.2, 0.25) is 5.91 Å². The van der Waals surface area contributed by atoms with Crippen LogP contribution < -0.4 is 28.2 Å². The van der Waals surface area contributed by atoms with Gasteiger partial charge in [-0.2, -0.15) is 0 Å². The highest BCUT2D eigenvalue weighted by molar-refractivity contribution is 7.40. The molecule has 16 nitrogen and oxygen atoms in total. The number of nitrogens with zero attached hydrogens (tertiary/aromatic N) is 2. The molecule has 2 aromatic heterocycles. The van der Waals surface area contributed by atoms with Crippen molar-refractivity contribution in [3.8, 4) is 0 Å². The predicted molar refractivity (Wildman–Crippen MR) is 165 cm³/mol. The van der Waals surface area contributed by atoms with Crippen molar-refractivity contribution in [3.63, 3.8) is 0 Å². The summed E-state index contributed by atoms with van der Waals surface area (Å²) in [4.78, 5) is 68.2. The number of nitrogens with one attached hydrogen (secondary N) is 2. The number of rotatable bonds is 9. The second kappa shape index (κ2) is 23.4. The maximum absolute atomic E-state index is 11.6. The fourth-order valence-electron chi connectivity index (χ4n) is 3.99. The predicted octanol–water partition coefficient (Wildman–Crippen LogP) is 1.89. The van der Waals surface area contributed by atoms with E-state index < -0.39 is 31.1 Å². The van der Waals surface area contributed by atoms with E-state index in [0.717, 1.165) is 19.3 Å². The summed E-state index contributed by atoms with van der Waals surface area (Å²) >= 11 is 0. The standard InChI is InChI=1S/C11H15N3O4.C10H14N2O4.C2H7O3P.2C2H6/c12-8(15)3-1-7-2-4-10(18-7)14-6-5-9(16)13-11(14)17;1-15-6-7-2-3-9(16-7)12-5-4-8(13)11-10(12)14;1-4-6(3)5-2;2*1-2/h5-7,10H,1-4H2,(H2,12,15)(H,13,16,17);4-5,7,9H,2-3,6H2,1H3,(H,11,13,14);3H,1-2H3;2*1-2H3. The Bertz CT molecular complexity index is 1290. The van der Waals surface area contributed by atoms with E-state index in [2.05, 4.69) is 19.0 Å². The zero-order valence-electron chi connectivity index (χ0n) is 26.5. The molecule has 4 atom stereocenters. The molecule has 4 heterocycles. The largest absolute Gasteiger partial charge is 0.382 e. The Labute approximate surface area is 257 Å². The molecule has 0 radical (unpaired) electrons. The lowest BCUT2D eigenvalue weighted by molar-refractivity contribution is -0.118. The van der Waals surface area contributed by atoms with Crippen LogP contribution in [-0.2, 0) is 28.1 Å². The molecule has 2 aliphatic heterocycles. The van der Waals surface area contributed by atoms with E-state index in [1.165, 1.54) is 47.9 Å². The topological polar surface area (TPSA) is 219 Å². The van der Waals surface area contributed by atoms with Crippen LogP contribution in [0.3, 0.4) is 0 Å². The minimum absolute atomic E-state index is 0.0221. The highest BCUT2D eigenvalue weighted by Gasteiger charge is 2.28.